The number of rotatable bonds is 9. The van der Waals surface area contributed by atoms with Crippen LogP contribution in [-0.2, 0) is 26.5 Å². The summed E-state index contributed by atoms with van der Waals surface area (Å²) < 4.78 is 40.3. The highest BCUT2D eigenvalue weighted by Crippen LogP contribution is 2.25. The molecule has 0 unspecified atom stereocenters. The zero-order chi connectivity index (χ0) is 23.5. The van der Waals surface area contributed by atoms with Crippen molar-refractivity contribution >= 4 is 21.8 Å². The van der Waals surface area contributed by atoms with Crippen molar-refractivity contribution in [2.24, 2.45) is 7.05 Å². The molecular weight excluding hydrogens is 432 g/mol. The Morgan fingerprint density at radius 3 is 2.50 bits per heavy atom. The van der Waals surface area contributed by atoms with Crippen LogP contribution < -0.4 is 0 Å². The molecule has 32 heavy (non-hydrogen) atoms. The van der Waals surface area contributed by atoms with E-state index in [4.69, 9.17) is 9.47 Å². The monoisotopic (exact) mass is 462 g/mol. The van der Waals surface area contributed by atoms with Gasteiger partial charge in [-0.25, -0.2) is 13.2 Å². The minimum Gasteiger partial charge on any atom is -0.461 e. The zero-order valence-corrected chi connectivity index (χ0v) is 19.8. The van der Waals surface area contributed by atoms with Gasteiger partial charge in [-0.2, -0.15) is 4.31 Å². The topological polar surface area (TPSA) is 94.9 Å². The van der Waals surface area contributed by atoms with Gasteiger partial charge >= 0.3 is 5.97 Å². The molecule has 1 aliphatic heterocycles. The van der Waals surface area contributed by atoms with E-state index in [0.717, 1.165) is 12.8 Å². The number of benzene rings is 1. The van der Waals surface area contributed by atoms with Gasteiger partial charge in [0.1, 0.15) is 5.69 Å². The van der Waals surface area contributed by atoms with Gasteiger partial charge in [-0.3, -0.25) is 4.79 Å². The summed E-state index contributed by atoms with van der Waals surface area (Å²) in [5.41, 5.74) is 1.72. The summed E-state index contributed by atoms with van der Waals surface area (Å²) in [7, 11) is -2.22. The molecule has 9 heteroatoms. The van der Waals surface area contributed by atoms with Crippen molar-refractivity contribution in [3.8, 4) is 0 Å². The van der Waals surface area contributed by atoms with Gasteiger partial charge in [0, 0.05) is 31.5 Å². The summed E-state index contributed by atoms with van der Waals surface area (Å²) in [5.74, 6) is -0.883. The van der Waals surface area contributed by atoms with Gasteiger partial charge in [-0.1, -0.05) is 18.2 Å². The van der Waals surface area contributed by atoms with E-state index in [0.29, 0.717) is 29.1 Å². The highest BCUT2D eigenvalue weighted by Gasteiger charge is 2.33. The number of Topliss-reactive ketones (excluding diaryl/α,β-unsaturated/α-hetero) is 1. The molecule has 0 spiro atoms. The van der Waals surface area contributed by atoms with Crippen LogP contribution in [0.1, 0.15) is 51.9 Å². The normalized spacial score (nSPS) is 16.5. The van der Waals surface area contributed by atoms with Gasteiger partial charge in [0.15, 0.2) is 5.78 Å². The first-order valence-corrected chi connectivity index (χ1v) is 12.2. The van der Waals surface area contributed by atoms with Crippen LogP contribution in [0.15, 0.2) is 35.2 Å². The third-order valence-electron chi connectivity index (χ3n) is 5.81. The molecule has 1 aliphatic rings. The Morgan fingerprint density at radius 1 is 1.22 bits per heavy atom. The number of carbonyl (C=O) groups is 2. The Hall–Kier alpha value is -2.49. The van der Waals surface area contributed by atoms with E-state index < -0.39 is 16.0 Å². The smallest absolute Gasteiger partial charge is 0.355 e. The molecule has 0 aliphatic carbocycles. The summed E-state index contributed by atoms with van der Waals surface area (Å²) in [6, 6.07) is 8.06. The second kappa shape index (κ2) is 9.97. The van der Waals surface area contributed by atoms with E-state index >= 15 is 0 Å². The van der Waals surface area contributed by atoms with E-state index in [1.165, 1.54) is 16.4 Å². The van der Waals surface area contributed by atoms with Crippen LogP contribution in [0.25, 0.3) is 0 Å². The first-order valence-electron chi connectivity index (χ1n) is 10.7. The lowest BCUT2D eigenvalue weighted by Gasteiger charge is -2.24. The quantitative estimate of drug-likeness (QED) is 0.420. The van der Waals surface area contributed by atoms with E-state index in [2.05, 4.69) is 0 Å². The molecule has 0 radical (unpaired) electrons. The third kappa shape index (κ3) is 4.79. The summed E-state index contributed by atoms with van der Waals surface area (Å²) in [6.07, 6.45) is 1.35. The molecule has 0 amide bonds. The standard InChI is InChI=1S/C23H30N2O6S/c1-5-30-23(27)22-16(2)21(17(3)24(22)4)20(26)15-25(14-18-10-9-13-31-18)32(28,29)19-11-7-6-8-12-19/h6-8,11-12,18H,5,9-10,13-15H2,1-4H3/t18-/m1/s1. The second-order valence-electron chi connectivity index (χ2n) is 7.88. The van der Waals surface area contributed by atoms with Crippen LogP contribution >= 0.6 is 0 Å². The van der Waals surface area contributed by atoms with Gasteiger partial charge < -0.3 is 14.0 Å². The molecule has 0 saturated carbocycles. The van der Waals surface area contributed by atoms with Crippen molar-refractivity contribution in [2.75, 3.05) is 26.3 Å². The van der Waals surface area contributed by atoms with E-state index in [-0.39, 0.29) is 36.5 Å². The predicted octanol–water partition coefficient (Wildman–Crippen LogP) is 2.87. The maximum Gasteiger partial charge on any atom is 0.355 e. The van der Waals surface area contributed by atoms with Crippen molar-refractivity contribution in [2.45, 2.75) is 44.6 Å². The van der Waals surface area contributed by atoms with Gasteiger partial charge in [-0.15, -0.1) is 0 Å². The lowest BCUT2D eigenvalue weighted by atomic mass is 10.1. The zero-order valence-electron chi connectivity index (χ0n) is 19.0. The van der Waals surface area contributed by atoms with Crippen molar-refractivity contribution < 1.29 is 27.5 Å². The van der Waals surface area contributed by atoms with Gasteiger partial charge in [0.05, 0.1) is 24.2 Å². The minimum absolute atomic E-state index is 0.0959. The molecule has 1 saturated heterocycles. The number of carbonyl (C=O) groups excluding carboxylic acids is 2. The average Bonchev–Trinajstić information content (AvgIpc) is 3.34. The largest absolute Gasteiger partial charge is 0.461 e. The summed E-state index contributed by atoms with van der Waals surface area (Å²) in [4.78, 5) is 25.9. The number of hydrogen-bond acceptors (Lipinski definition) is 6. The van der Waals surface area contributed by atoms with Crippen molar-refractivity contribution in [1.29, 1.82) is 0 Å². The molecule has 0 bridgehead atoms. The highest BCUT2D eigenvalue weighted by atomic mass is 32.2. The van der Waals surface area contributed by atoms with Crippen LogP contribution in [0.5, 0.6) is 0 Å². The minimum atomic E-state index is -3.91. The Balaban J connectivity index is 1.95. The van der Waals surface area contributed by atoms with Crippen LogP contribution in [0, 0.1) is 13.8 Å². The SMILES string of the molecule is CCOC(=O)c1c(C)c(C(=O)CN(C[C@H]2CCCO2)S(=O)(=O)c2ccccc2)c(C)n1C. The molecule has 3 rings (SSSR count). The molecule has 8 nitrogen and oxygen atoms in total. The van der Waals surface area contributed by atoms with Gasteiger partial charge in [0.25, 0.3) is 0 Å². The van der Waals surface area contributed by atoms with Gasteiger partial charge in [-0.05, 0) is 51.3 Å². The third-order valence-corrected chi connectivity index (χ3v) is 7.64. The highest BCUT2D eigenvalue weighted by molar-refractivity contribution is 7.89. The first-order chi connectivity index (χ1) is 15.2. The summed E-state index contributed by atoms with van der Waals surface area (Å²) in [5, 5.41) is 0. The van der Waals surface area contributed by atoms with Crippen LogP contribution in [0.4, 0.5) is 0 Å². The molecule has 1 fully saturated rings. The van der Waals surface area contributed by atoms with E-state index in [1.54, 1.807) is 50.6 Å². The van der Waals surface area contributed by atoms with E-state index in [1.807, 2.05) is 0 Å². The average molecular weight is 463 g/mol. The lowest BCUT2D eigenvalue weighted by molar-refractivity contribution is 0.0514. The molecule has 1 aromatic heterocycles. The number of esters is 1. The number of ketones is 1. The molecule has 174 valence electrons. The molecule has 0 N–H and O–H groups in total. The Bertz CT molecular complexity index is 1090. The fourth-order valence-electron chi connectivity index (χ4n) is 4.12. The fraction of sp³-hybridized carbons (Fsp3) is 0.478. The van der Waals surface area contributed by atoms with Gasteiger partial charge in [0.2, 0.25) is 10.0 Å². The maximum atomic E-state index is 13.4. The number of sulfonamides is 1. The molecule has 1 aromatic carbocycles. The van der Waals surface area contributed by atoms with Crippen molar-refractivity contribution in [3.05, 3.63) is 52.8 Å². The van der Waals surface area contributed by atoms with Crippen molar-refractivity contribution in [3.63, 3.8) is 0 Å². The predicted molar refractivity (Wildman–Crippen MR) is 119 cm³/mol. The van der Waals surface area contributed by atoms with Crippen molar-refractivity contribution in [1.82, 2.24) is 8.87 Å². The number of aromatic nitrogens is 1. The second-order valence-corrected chi connectivity index (χ2v) is 9.82. The Morgan fingerprint density at radius 2 is 1.91 bits per heavy atom. The summed E-state index contributed by atoms with van der Waals surface area (Å²) in [6.45, 7) is 5.69. The first kappa shape index (κ1) is 24.2. The number of nitrogens with zero attached hydrogens (tertiary/aromatic N) is 2. The molecule has 1 atom stereocenters. The molecule has 2 aromatic rings. The fourth-order valence-corrected chi connectivity index (χ4v) is 5.57. The maximum absolute atomic E-state index is 13.4. The Labute approximate surface area is 189 Å². The molecular formula is C23H30N2O6S. The number of ether oxygens (including phenoxy) is 2. The summed E-state index contributed by atoms with van der Waals surface area (Å²) >= 11 is 0. The molecule has 2 heterocycles. The van der Waals surface area contributed by atoms with Crippen LogP contribution in [-0.4, -0.2) is 61.4 Å². The lowest BCUT2D eigenvalue weighted by Crippen LogP contribution is -2.40. The van der Waals surface area contributed by atoms with Crippen LogP contribution in [0.2, 0.25) is 0 Å². The van der Waals surface area contributed by atoms with Crippen LogP contribution in [0.3, 0.4) is 0 Å². The number of hydrogen-bond donors (Lipinski definition) is 0. The Kier molecular flexibility index (Phi) is 7.53. The van der Waals surface area contributed by atoms with E-state index in [9.17, 15) is 18.0 Å².